The Labute approximate surface area is 166 Å². The third kappa shape index (κ3) is 4.31. The molecule has 0 spiro atoms. The molecule has 0 radical (unpaired) electrons. The van der Waals surface area contributed by atoms with Gasteiger partial charge in [-0.2, -0.15) is 5.10 Å². The van der Waals surface area contributed by atoms with E-state index in [4.69, 9.17) is 0 Å². The van der Waals surface area contributed by atoms with Crippen LogP contribution in [0.2, 0.25) is 0 Å². The summed E-state index contributed by atoms with van der Waals surface area (Å²) in [5, 5.41) is 6.90. The molecular weight excluding hydrogens is 348 g/mol. The normalized spacial score (nSPS) is 11.0. The van der Waals surface area contributed by atoms with E-state index in [-0.39, 0.29) is 6.03 Å². The lowest BCUT2D eigenvalue weighted by Crippen LogP contribution is -2.24. The number of benzene rings is 2. The van der Waals surface area contributed by atoms with Crippen molar-refractivity contribution in [1.82, 2.24) is 9.99 Å². The number of rotatable bonds is 5. The van der Waals surface area contributed by atoms with Crippen LogP contribution in [0.5, 0.6) is 0 Å². The highest BCUT2D eigenvalue weighted by molar-refractivity contribution is 5.91. The summed E-state index contributed by atoms with van der Waals surface area (Å²) >= 11 is 0. The van der Waals surface area contributed by atoms with Gasteiger partial charge in [0.15, 0.2) is 0 Å². The first kappa shape index (κ1) is 19.4. The maximum absolute atomic E-state index is 12.1. The number of aryl methyl sites for hydroxylation is 3. The quantitative estimate of drug-likeness (QED) is 0.472. The highest BCUT2D eigenvalue weighted by Gasteiger charge is 2.09. The Hall–Kier alpha value is -3.34. The van der Waals surface area contributed by atoms with Gasteiger partial charge in [0.1, 0.15) is 0 Å². The minimum Gasteiger partial charge on any atom is -0.318 e. The van der Waals surface area contributed by atoms with Crippen LogP contribution < -0.4 is 10.7 Å². The first-order valence-corrected chi connectivity index (χ1v) is 9.43. The minimum atomic E-state index is -0.366. The van der Waals surface area contributed by atoms with Crippen LogP contribution >= 0.6 is 0 Å². The fraction of sp³-hybridized carbons (Fsp3) is 0.217. The number of hydrogen-bond donors (Lipinski definition) is 2. The standard InChI is InChI=1S/C23H26N4O/c1-5-19-10-12-21(13-11-19)27-17(3)14-20(18(27)4)15-24-26-23(28)25-22-9-7-6-8-16(22)2/h6-15H,5H2,1-4H3,(H2,25,26,28)/b24-15-. The van der Waals surface area contributed by atoms with E-state index in [1.54, 1.807) is 6.21 Å². The zero-order valence-corrected chi connectivity index (χ0v) is 16.8. The molecule has 2 N–H and O–H groups in total. The molecule has 144 valence electrons. The van der Waals surface area contributed by atoms with Crippen molar-refractivity contribution in [2.75, 3.05) is 5.32 Å². The van der Waals surface area contributed by atoms with Crippen LogP contribution in [0.3, 0.4) is 0 Å². The molecule has 0 saturated carbocycles. The van der Waals surface area contributed by atoms with Crippen molar-refractivity contribution in [3.63, 3.8) is 0 Å². The Morgan fingerprint density at radius 2 is 1.79 bits per heavy atom. The van der Waals surface area contributed by atoms with Gasteiger partial charge in [0, 0.05) is 28.3 Å². The molecule has 0 unspecified atom stereocenters. The van der Waals surface area contributed by atoms with Crippen molar-refractivity contribution in [2.24, 2.45) is 5.10 Å². The topological polar surface area (TPSA) is 58.4 Å². The molecule has 2 aromatic carbocycles. The molecule has 0 bridgehead atoms. The van der Waals surface area contributed by atoms with Gasteiger partial charge in [-0.1, -0.05) is 37.3 Å². The second-order valence-corrected chi connectivity index (χ2v) is 6.82. The summed E-state index contributed by atoms with van der Waals surface area (Å²) in [4.78, 5) is 12.1. The van der Waals surface area contributed by atoms with Crippen LogP contribution in [0.1, 0.15) is 35.0 Å². The molecular formula is C23H26N4O. The number of carbonyl (C=O) groups excluding carboxylic acids is 1. The molecule has 28 heavy (non-hydrogen) atoms. The van der Waals surface area contributed by atoms with Crippen molar-refractivity contribution < 1.29 is 4.79 Å². The number of anilines is 1. The molecule has 0 fully saturated rings. The third-order valence-electron chi connectivity index (χ3n) is 4.84. The first-order valence-electron chi connectivity index (χ1n) is 9.43. The molecule has 5 nitrogen and oxygen atoms in total. The van der Waals surface area contributed by atoms with Gasteiger partial charge in [-0.25, -0.2) is 10.2 Å². The zero-order chi connectivity index (χ0) is 20.1. The Bertz CT molecular complexity index is 1000. The van der Waals surface area contributed by atoms with Crippen molar-refractivity contribution >= 4 is 17.9 Å². The summed E-state index contributed by atoms with van der Waals surface area (Å²) in [5.41, 5.74) is 9.89. The van der Waals surface area contributed by atoms with Gasteiger partial charge < -0.3 is 9.88 Å². The second kappa shape index (κ2) is 8.57. The lowest BCUT2D eigenvalue weighted by atomic mass is 10.1. The Kier molecular flexibility index (Phi) is 5.94. The minimum absolute atomic E-state index is 0.366. The third-order valence-corrected chi connectivity index (χ3v) is 4.84. The van der Waals surface area contributed by atoms with Gasteiger partial charge in [0.25, 0.3) is 0 Å². The van der Waals surface area contributed by atoms with Gasteiger partial charge in [0.05, 0.1) is 6.21 Å². The first-order chi connectivity index (χ1) is 13.5. The van der Waals surface area contributed by atoms with Crippen molar-refractivity contribution in [2.45, 2.75) is 34.1 Å². The SMILES string of the molecule is CCc1ccc(-n2c(C)cc(/C=N\NC(=O)Nc3ccccc3C)c2C)cc1. The fourth-order valence-electron chi connectivity index (χ4n) is 3.22. The van der Waals surface area contributed by atoms with E-state index in [9.17, 15) is 4.79 Å². The molecule has 1 heterocycles. The number of para-hydroxylation sites is 1. The molecule has 3 aromatic rings. The van der Waals surface area contributed by atoms with Gasteiger partial charge in [-0.3, -0.25) is 0 Å². The van der Waals surface area contributed by atoms with Crippen molar-refractivity contribution in [3.05, 3.63) is 82.7 Å². The lowest BCUT2D eigenvalue weighted by molar-refractivity contribution is 0.252. The van der Waals surface area contributed by atoms with Crippen LogP contribution in [0.15, 0.2) is 59.7 Å². The van der Waals surface area contributed by atoms with Crippen molar-refractivity contribution in [1.29, 1.82) is 0 Å². The molecule has 0 aliphatic heterocycles. The summed E-state index contributed by atoms with van der Waals surface area (Å²) in [6.07, 6.45) is 2.70. The van der Waals surface area contributed by atoms with Gasteiger partial charge >= 0.3 is 6.03 Å². The van der Waals surface area contributed by atoms with Crippen LogP contribution in [0, 0.1) is 20.8 Å². The molecule has 2 amide bonds. The molecule has 0 aliphatic rings. The maximum atomic E-state index is 12.1. The number of carbonyl (C=O) groups is 1. The van der Waals surface area contributed by atoms with E-state index < -0.39 is 0 Å². The average molecular weight is 374 g/mol. The second-order valence-electron chi connectivity index (χ2n) is 6.82. The average Bonchev–Trinajstić information content (AvgIpc) is 2.97. The molecule has 0 saturated heterocycles. The van der Waals surface area contributed by atoms with Crippen molar-refractivity contribution in [3.8, 4) is 5.69 Å². The summed E-state index contributed by atoms with van der Waals surface area (Å²) < 4.78 is 2.19. The van der Waals surface area contributed by atoms with E-state index in [1.165, 1.54) is 5.56 Å². The summed E-state index contributed by atoms with van der Waals surface area (Å²) in [6, 6.07) is 17.9. The number of aromatic nitrogens is 1. The predicted molar refractivity (Wildman–Crippen MR) is 116 cm³/mol. The number of amides is 2. The fourth-order valence-corrected chi connectivity index (χ4v) is 3.22. The highest BCUT2D eigenvalue weighted by atomic mass is 16.2. The summed E-state index contributed by atoms with van der Waals surface area (Å²) in [7, 11) is 0. The Morgan fingerprint density at radius 3 is 2.46 bits per heavy atom. The largest absolute Gasteiger partial charge is 0.339 e. The number of nitrogens with one attached hydrogen (secondary N) is 2. The van der Waals surface area contributed by atoms with Gasteiger partial charge in [-0.15, -0.1) is 0 Å². The van der Waals surface area contributed by atoms with Gasteiger partial charge in [0.2, 0.25) is 0 Å². The number of urea groups is 1. The molecule has 0 aliphatic carbocycles. The van der Waals surface area contributed by atoms with E-state index >= 15 is 0 Å². The van der Waals surface area contributed by atoms with Crippen LogP contribution in [0.4, 0.5) is 10.5 Å². The van der Waals surface area contributed by atoms with Gasteiger partial charge in [-0.05, 0) is 62.6 Å². The number of hydrogen-bond acceptors (Lipinski definition) is 2. The Morgan fingerprint density at radius 1 is 1.07 bits per heavy atom. The zero-order valence-electron chi connectivity index (χ0n) is 16.8. The maximum Gasteiger partial charge on any atom is 0.339 e. The smallest absolute Gasteiger partial charge is 0.318 e. The molecule has 0 atom stereocenters. The summed E-state index contributed by atoms with van der Waals surface area (Å²) in [6.45, 7) is 8.21. The summed E-state index contributed by atoms with van der Waals surface area (Å²) in [5.74, 6) is 0. The predicted octanol–water partition coefficient (Wildman–Crippen LogP) is 5.12. The molecule has 1 aromatic heterocycles. The van der Waals surface area contributed by atoms with Crippen LogP contribution in [0.25, 0.3) is 5.69 Å². The monoisotopic (exact) mass is 374 g/mol. The van der Waals surface area contributed by atoms with Crippen LogP contribution in [-0.2, 0) is 6.42 Å². The number of hydrazone groups is 1. The van der Waals surface area contributed by atoms with E-state index in [0.29, 0.717) is 0 Å². The molecule has 3 rings (SSSR count). The highest BCUT2D eigenvalue weighted by Crippen LogP contribution is 2.20. The van der Waals surface area contributed by atoms with E-state index in [0.717, 1.165) is 40.3 Å². The molecule has 5 heteroatoms. The van der Waals surface area contributed by atoms with E-state index in [1.807, 2.05) is 31.2 Å². The number of nitrogens with zero attached hydrogens (tertiary/aromatic N) is 2. The Balaban J connectivity index is 1.70. The lowest BCUT2D eigenvalue weighted by Gasteiger charge is -2.10. The van der Waals surface area contributed by atoms with E-state index in [2.05, 4.69) is 71.5 Å². The van der Waals surface area contributed by atoms with Crippen LogP contribution in [-0.4, -0.2) is 16.8 Å².